The summed E-state index contributed by atoms with van der Waals surface area (Å²) in [6.45, 7) is 4.37. The summed E-state index contributed by atoms with van der Waals surface area (Å²) in [6.07, 6.45) is 0.284. The van der Waals surface area contributed by atoms with Gasteiger partial charge in [0, 0.05) is 24.3 Å². The molecule has 0 bridgehead atoms. The number of aryl methyl sites for hydroxylation is 2. The van der Waals surface area contributed by atoms with Crippen LogP contribution in [-0.4, -0.2) is 31.6 Å². The Balaban J connectivity index is 1.61. The van der Waals surface area contributed by atoms with Crippen LogP contribution in [0, 0.1) is 13.8 Å². The van der Waals surface area contributed by atoms with E-state index in [4.69, 9.17) is 4.74 Å². The number of hydrogen-bond acceptors (Lipinski definition) is 3. The molecule has 1 atom stereocenters. The summed E-state index contributed by atoms with van der Waals surface area (Å²) >= 11 is 0. The number of urea groups is 1. The largest absolute Gasteiger partial charge is 0.497 e. The highest BCUT2D eigenvalue weighted by Crippen LogP contribution is 2.24. The molecule has 3 rings (SSSR count). The standard InChI is InChI=1S/C20H23N3O3/c1-13-4-5-14(2)18(10-13)22-20(25)21-15-11-19(24)23(12-15)16-6-8-17(26-3)9-7-16/h4-10,15H,11-12H2,1-3H3,(H2,21,22,25). The molecule has 2 aromatic carbocycles. The number of benzene rings is 2. The minimum absolute atomic E-state index is 0.00722. The lowest BCUT2D eigenvalue weighted by atomic mass is 10.1. The quantitative estimate of drug-likeness (QED) is 0.886. The van der Waals surface area contributed by atoms with E-state index in [0.29, 0.717) is 6.54 Å². The molecule has 1 aliphatic heterocycles. The molecule has 1 unspecified atom stereocenters. The average Bonchev–Trinajstić information content (AvgIpc) is 2.98. The Kier molecular flexibility index (Phi) is 5.11. The Bertz CT molecular complexity index is 818. The summed E-state index contributed by atoms with van der Waals surface area (Å²) in [5.74, 6) is 0.732. The zero-order valence-corrected chi connectivity index (χ0v) is 15.2. The van der Waals surface area contributed by atoms with Gasteiger partial charge in [-0.3, -0.25) is 4.79 Å². The first-order valence-electron chi connectivity index (χ1n) is 8.55. The summed E-state index contributed by atoms with van der Waals surface area (Å²) in [5.41, 5.74) is 3.65. The molecule has 1 heterocycles. The van der Waals surface area contributed by atoms with E-state index >= 15 is 0 Å². The third kappa shape index (κ3) is 3.96. The van der Waals surface area contributed by atoms with Crippen molar-refractivity contribution in [1.29, 1.82) is 0 Å². The van der Waals surface area contributed by atoms with E-state index in [2.05, 4.69) is 10.6 Å². The zero-order chi connectivity index (χ0) is 18.7. The zero-order valence-electron chi connectivity index (χ0n) is 15.2. The van der Waals surface area contributed by atoms with Crippen LogP contribution in [0.2, 0.25) is 0 Å². The van der Waals surface area contributed by atoms with E-state index in [9.17, 15) is 9.59 Å². The minimum Gasteiger partial charge on any atom is -0.497 e. The normalized spacial score (nSPS) is 16.5. The van der Waals surface area contributed by atoms with Crippen LogP contribution in [0.4, 0.5) is 16.2 Å². The molecule has 1 saturated heterocycles. The van der Waals surface area contributed by atoms with Crippen molar-refractivity contribution in [1.82, 2.24) is 5.32 Å². The first kappa shape index (κ1) is 17.8. The topological polar surface area (TPSA) is 70.7 Å². The fourth-order valence-electron chi connectivity index (χ4n) is 3.03. The number of carbonyl (C=O) groups excluding carboxylic acids is 2. The van der Waals surface area contributed by atoms with Gasteiger partial charge in [-0.25, -0.2) is 4.79 Å². The second-order valence-electron chi connectivity index (χ2n) is 6.52. The van der Waals surface area contributed by atoms with Gasteiger partial charge in [-0.05, 0) is 55.3 Å². The second kappa shape index (κ2) is 7.47. The highest BCUT2D eigenvalue weighted by atomic mass is 16.5. The van der Waals surface area contributed by atoms with Crippen molar-refractivity contribution in [3.05, 3.63) is 53.6 Å². The van der Waals surface area contributed by atoms with Gasteiger partial charge >= 0.3 is 6.03 Å². The van der Waals surface area contributed by atoms with Gasteiger partial charge in [0.05, 0.1) is 13.2 Å². The fourth-order valence-corrected chi connectivity index (χ4v) is 3.03. The van der Waals surface area contributed by atoms with Crippen LogP contribution >= 0.6 is 0 Å². The molecule has 136 valence electrons. The van der Waals surface area contributed by atoms with E-state index in [-0.39, 0.29) is 24.4 Å². The number of ether oxygens (including phenoxy) is 1. The molecule has 1 fully saturated rings. The van der Waals surface area contributed by atoms with Crippen LogP contribution in [-0.2, 0) is 4.79 Å². The number of rotatable bonds is 4. The van der Waals surface area contributed by atoms with Crippen molar-refractivity contribution >= 4 is 23.3 Å². The molecular formula is C20H23N3O3. The van der Waals surface area contributed by atoms with Crippen molar-refractivity contribution in [2.75, 3.05) is 23.9 Å². The molecule has 26 heavy (non-hydrogen) atoms. The molecule has 0 radical (unpaired) electrons. The van der Waals surface area contributed by atoms with Crippen molar-refractivity contribution < 1.29 is 14.3 Å². The van der Waals surface area contributed by atoms with Gasteiger partial charge in [-0.1, -0.05) is 12.1 Å². The van der Waals surface area contributed by atoms with E-state index in [1.807, 2.05) is 56.3 Å². The third-order valence-electron chi connectivity index (χ3n) is 4.49. The maximum Gasteiger partial charge on any atom is 0.319 e. The first-order valence-corrected chi connectivity index (χ1v) is 8.55. The molecule has 0 spiro atoms. The number of methoxy groups -OCH3 is 1. The molecule has 2 aromatic rings. The molecule has 0 aromatic heterocycles. The SMILES string of the molecule is COc1ccc(N2CC(NC(=O)Nc3cc(C)ccc3C)CC2=O)cc1. The fraction of sp³-hybridized carbons (Fsp3) is 0.300. The smallest absolute Gasteiger partial charge is 0.319 e. The number of anilines is 2. The van der Waals surface area contributed by atoms with Crippen molar-refractivity contribution in [3.8, 4) is 5.75 Å². The van der Waals surface area contributed by atoms with Crippen LogP contribution < -0.4 is 20.3 Å². The minimum atomic E-state index is -0.298. The molecule has 2 N–H and O–H groups in total. The summed E-state index contributed by atoms with van der Waals surface area (Å²) in [5, 5.41) is 5.76. The van der Waals surface area contributed by atoms with Crippen LogP contribution in [0.3, 0.4) is 0 Å². The van der Waals surface area contributed by atoms with Gasteiger partial charge in [0.15, 0.2) is 0 Å². The molecule has 1 aliphatic rings. The maximum absolute atomic E-state index is 12.3. The van der Waals surface area contributed by atoms with E-state index < -0.39 is 0 Å². The van der Waals surface area contributed by atoms with Gasteiger partial charge in [-0.2, -0.15) is 0 Å². The molecule has 0 aliphatic carbocycles. The van der Waals surface area contributed by atoms with Gasteiger partial charge in [0.1, 0.15) is 5.75 Å². The van der Waals surface area contributed by atoms with Crippen LogP contribution in [0.25, 0.3) is 0 Å². The predicted octanol–water partition coefficient (Wildman–Crippen LogP) is 3.24. The second-order valence-corrected chi connectivity index (χ2v) is 6.52. The highest BCUT2D eigenvalue weighted by molar-refractivity contribution is 5.97. The van der Waals surface area contributed by atoms with Gasteiger partial charge in [0.2, 0.25) is 5.91 Å². The number of hydrogen-bond donors (Lipinski definition) is 2. The average molecular weight is 353 g/mol. The summed E-state index contributed by atoms with van der Waals surface area (Å²) < 4.78 is 5.14. The Hall–Kier alpha value is -3.02. The first-order chi connectivity index (χ1) is 12.5. The van der Waals surface area contributed by atoms with Gasteiger partial charge in [0.25, 0.3) is 0 Å². The lowest BCUT2D eigenvalue weighted by Gasteiger charge is -2.18. The molecule has 0 saturated carbocycles. The monoisotopic (exact) mass is 353 g/mol. The van der Waals surface area contributed by atoms with Crippen LogP contribution in [0.1, 0.15) is 17.5 Å². The Morgan fingerprint density at radius 1 is 1.15 bits per heavy atom. The maximum atomic E-state index is 12.3. The Morgan fingerprint density at radius 3 is 2.58 bits per heavy atom. The molecule has 3 amide bonds. The van der Waals surface area contributed by atoms with Crippen molar-refractivity contribution in [2.24, 2.45) is 0 Å². The molecule has 6 heteroatoms. The molecule has 6 nitrogen and oxygen atoms in total. The summed E-state index contributed by atoms with van der Waals surface area (Å²) in [7, 11) is 1.60. The lowest BCUT2D eigenvalue weighted by Crippen LogP contribution is -2.39. The van der Waals surface area contributed by atoms with Crippen molar-refractivity contribution in [3.63, 3.8) is 0 Å². The summed E-state index contributed by atoms with van der Waals surface area (Å²) in [4.78, 5) is 26.3. The lowest BCUT2D eigenvalue weighted by molar-refractivity contribution is -0.117. The van der Waals surface area contributed by atoms with Crippen LogP contribution in [0.15, 0.2) is 42.5 Å². The molecular weight excluding hydrogens is 330 g/mol. The Morgan fingerprint density at radius 2 is 1.88 bits per heavy atom. The summed E-state index contributed by atoms with van der Waals surface area (Å²) in [6, 6.07) is 12.7. The van der Waals surface area contributed by atoms with Gasteiger partial charge < -0.3 is 20.3 Å². The van der Waals surface area contributed by atoms with Crippen LogP contribution in [0.5, 0.6) is 5.75 Å². The number of carbonyl (C=O) groups is 2. The van der Waals surface area contributed by atoms with Gasteiger partial charge in [-0.15, -0.1) is 0 Å². The number of nitrogens with one attached hydrogen (secondary N) is 2. The highest BCUT2D eigenvalue weighted by Gasteiger charge is 2.31. The van der Waals surface area contributed by atoms with E-state index in [1.54, 1.807) is 12.0 Å². The third-order valence-corrected chi connectivity index (χ3v) is 4.49. The van der Waals surface area contributed by atoms with Crippen molar-refractivity contribution in [2.45, 2.75) is 26.3 Å². The predicted molar refractivity (Wildman–Crippen MR) is 102 cm³/mol. The number of amides is 3. The Labute approximate surface area is 153 Å². The number of nitrogens with zero attached hydrogens (tertiary/aromatic N) is 1. The van der Waals surface area contributed by atoms with E-state index in [1.165, 1.54) is 0 Å². The van der Waals surface area contributed by atoms with E-state index in [0.717, 1.165) is 28.3 Å².